The maximum Gasteiger partial charge on any atom is 0.416 e. The van der Waals surface area contributed by atoms with E-state index in [1.54, 1.807) is 4.90 Å². The molecule has 6 aliphatic carbocycles. The Morgan fingerprint density at radius 1 is 0.982 bits per heavy atom. The second-order valence-electron chi connectivity index (χ2n) is 18.0. The van der Waals surface area contributed by atoms with Crippen LogP contribution in [0.2, 0.25) is 5.02 Å². The summed E-state index contributed by atoms with van der Waals surface area (Å²) in [6.45, 7) is 9.00. The van der Waals surface area contributed by atoms with Gasteiger partial charge in [-0.3, -0.25) is 4.79 Å². The van der Waals surface area contributed by atoms with Crippen molar-refractivity contribution in [2.45, 2.75) is 103 Å². The molecule has 2 bridgehead atoms. The number of amides is 2. The summed E-state index contributed by atoms with van der Waals surface area (Å²) >= 11 is 6.39. The van der Waals surface area contributed by atoms with Gasteiger partial charge in [0.1, 0.15) is 5.76 Å². The minimum Gasteiger partial charge on any atom is -0.453 e. The number of benzene rings is 2. The number of urea groups is 1. The minimum absolute atomic E-state index is 0.00729. The molecule has 1 aromatic heterocycles. The van der Waals surface area contributed by atoms with Crippen LogP contribution in [0.5, 0.6) is 0 Å². The first-order chi connectivity index (χ1) is 26.9. The number of carbonyl (C=O) groups is 2. The number of furan rings is 1. The van der Waals surface area contributed by atoms with Gasteiger partial charge >= 0.3 is 12.2 Å². The molecule has 3 saturated carbocycles. The Morgan fingerprint density at radius 2 is 1.68 bits per heavy atom. The maximum absolute atomic E-state index is 15.1. The van der Waals surface area contributed by atoms with E-state index in [4.69, 9.17) is 16.0 Å². The summed E-state index contributed by atoms with van der Waals surface area (Å²) in [5, 5.41) is 27.3. The largest absolute Gasteiger partial charge is 0.453 e. The topological polar surface area (TPSA) is 103 Å². The van der Waals surface area contributed by atoms with Gasteiger partial charge in [0.2, 0.25) is 5.78 Å². The van der Waals surface area contributed by atoms with Crippen molar-refractivity contribution < 1.29 is 37.4 Å². The van der Waals surface area contributed by atoms with Crippen LogP contribution in [0, 0.1) is 33.5 Å². The number of alkyl halides is 3. The molecule has 9 unspecified atom stereocenters. The van der Waals surface area contributed by atoms with E-state index in [0.717, 1.165) is 30.5 Å². The molecule has 0 aliphatic heterocycles. The van der Waals surface area contributed by atoms with Crippen molar-refractivity contribution in [3.05, 3.63) is 106 Å². The molecule has 3 N–H and O–H groups in total. The van der Waals surface area contributed by atoms with E-state index in [2.05, 4.69) is 37.4 Å². The lowest BCUT2D eigenvalue weighted by Crippen LogP contribution is -2.67. The van der Waals surface area contributed by atoms with Gasteiger partial charge in [-0.2, -0.15) is 13.2 Å². The second kappa shape index (κ2) is 13.9. The number of aliphatic hydroxyl groups is 2. The van der Waals surface area contributed by atoms with Crippen LogP contribution in [0.15, 0.2) is 88.9 Å². The molecule has 7 nitrogen and oxygen atoms in total. The summed E-state index contributed by atoms with van der Waals surface area (Å²) in [6.07, 6.45) is 6.46. The normalized spacial score (nSPS) is 34.5. The van der Waals surface area contributed by atoms with Crippen molar-refractivity contribution in [2.24, 2.45) is 33.5 Å². The van der Waals surface area contributed by atoms with Crippen LogP contribution in [0.1, 0.15) is 107 Å². The van der Waals surface area contributed by atoms with Gasteiger partial charge in [-0.1, -0.05) is 80.9 Å². The van der Waals surface area contributed by atoms with Crippen molar-refractivity contribution in [3.63, 3.8) is 0 Å². The van der Waals surface area contributed by atoms with Gasteiger partial charge in [0.05, 0.1) is 34.9 Å². The third kappa shape index (κ3) is 6.05. The Bertz CT molecular complexity index is 2130. The highest BCUT2D eigenvalue weighted by molar-refractivity contribution is 6.33. The van der Waals surface area contributed by atoms with Crippen LogP contribution in [-0.4, -0.2) is 51.7 Å². The van der Waals surface area contributed by atoms with Crippen LogP contribution in [0.4, 0.5) is 18.0 Å². The van der Waals surface area contributed by atoms with Crippen LogP contribution < -0.4 is 5.32 Å². The third-order valence-corrected chi connectivity index (χ3v) is 15.5. The van der Waals surface area contributed by atoms with Gasteiger partial charge in [0.15, 0.2) is 5.76 Å². The van der Waals surface area contributed by atoms with Crippen molar-refractivity contribution in [3.8, 4) is 11.3 Å². The van der Waals surface area contributed by atoms with E-state index in [0.29, 0.717) is 50.6 Å². The SMILES string of the molecule is CCCN(CC1(O)CCC2C34C=CC5(C=C3C(=O)c3ccc(-c6cc(C(F)(F)F)ccc6Cl)o3)CC(O)CCC5(C)C4CCC21C)C(=O)NC(C)c1ccccc1. The molecular weight excluding hydrogens is 753 g/mol. The number of Topliss-reactive ketones (excluding diaryl/α,β-unsaturated/α-hetero) is 1. The number of allylic oxidation sites excluding steroid dienone is 4. The van der Waals surface area contributed by atoms with E-state index in [1.165, 1.54) is 18.2 Å². The summed E-state index contributed by atoms with van der Waals surface area (Å²) in [7, 11) is 0. The van der Waals surface area contributed by atoms with Crippen molar-refractivity contribution >= 4 is 23.4 Å². The van der Waals surface area contributed by atoms with Gasteiger partial charge in [-0.05, 0) is 111 Å². The summed E-state index contributed by atoms with van der Waals surface area (Å²) in [5.74, 6) is -0.476. The van der Waals surface area contributed by atoms with Crippen LogP contribution in [0.3, 0.4) is 0 Å². The fourth-order valence-electron chi connectivity index (χ4n) is 12.2. The lowest BCUT2D eigenvalue weighted by Gasteiger charge is -2.71. The third-order valence-electron chi connectivity index (χ3n) is 15.2. The number of halogens is 4. The average molecular weight is 805 g/mol. The van der Waals surface area contributed by atoms with E-state index < -0.39 is 39.7 Å². The predicted molar refractivity (Wildman–Crippen MR) is 212 cm³/mol. The monoisotopic (exact) mass is 804 g/mol. The lowest BCUT2D eigenvalue weighted by molar-refractivity contribution is -0.174. The molecule has 2 spiro atoms. The van der Waals surface area contributed by atoms with Crippen molar-refractivity contribution in [2.75, 3.05) is 13.1 Å². The molecule has 9 rings (SSSR count). The average Bonchev–Trinajstić information content (AvgIpc) is 3.77. The molecule has 1 heterocycles. The van der Waals surface area contributed by atoms with E-state index in [1.807, 2.05) is 44.2 Å². The van der Waals surface area contributed by atoms with Gasteiger partial charge in [-0.15, -0.1) is 0 Å². The van der Waals surface area contributed by atoms with E-state index in [9.17, 15) is 28.2 Å². The number of aliphatic hydroxyl groups excluding tert-OH is 1. The number of hydrogen-bond acceptors (Lipinski definition) is 5. The standard InChI is InChI=1S/C46H52ClF3N2O5/c1-5-23-52(40(55)51-28(2)29-9-7-6-8-10-29)27-44(56)20-17-38-42(44,4)19-16-37-41(3)18-15-31(53)25-43(41)21-22-45(37,38)33(26-43)39(54)36-14-13-35(57-36)32-24-30(46(48,49)50)11-12-34(32)47/h6-14,21-22,24,26,28,31,37-38,53,56H,5,15-20,23,25,27H2,1-4H3,(H,51,55). The van der Waals surface area contributed by atoms with Crippen LogP contribution in [0.25, 0.3) is 11.3 Å². The predicted octanol–water partition coefficient (Wildman–Crippen LogP) is 10.6. The van der Waals surface area contributed by atoms with Crippen molar-refractivity contribution in [1.29, 1.82) is 0 Å². The second-order valence-corrected chi connectivity index (χ2v) is 18.4. The number of ketones is 1. The molecule has 304 valence electrons. The first-order valence-electron chi connectivity index (χ1n) is 20.4. The number of fused-ring (bicyclic) bond motifs is 1. The molecule has 0 saturated heterocycles. The van der Waals surface area contributed by atoms with Gasteiger partial charge in [-0.25, -0.2) is 4.79 Å². The number of carbonyl (C=O) groups excluding carboxylic acids is 2. The van der Waals surface area contributed by atoms with Gasteiger partial charge in [0, 0.05) is 33.9 Å². The van der Waals surface area contributed by atoms with Crippen molar-refractivity contribution in [1.82, 2.24) is 10.2 Å². The molecule has 57 heavy (non-hydrogen) atoms. The molecule has 3 fully saturated rings. The van der Waals surface area contributed by atoms with Crippen LogP contribution in [-0.2, 0) is 6.18 Å². The first kappa shape index (κ1) is 39.9. The zero-order valence-electron chi connectivity index (χ0n) is 33.0. The molecule has 2 amide bonds. The fraction of sp³-hybridized carbons (Fsp3) is 0.522. The van der Waals surface area contributed by atoms with Gasteiger partial charge in [0.25, 0.3) is 0 Å². The number of nitrogens with zero attached hydrogens (tertiary/aromatic N) is 1. The zero-order valence-corrected chi connectivity index (χ0v) is 33.7. The molecule has 11 heteroatoms. The Kier molecular flexibility index (Phi) is 9.72. The first-order valence-corrected chi connectivity index (χ1v) is 20.8. The molecule has 9 atom stereocenters. The highest BCUT2D eigenvalue weighted by Gasteiger charge is 2.74. The quantitative estimate of drug-likeness (QED) is 0.148. The molecule has 3 aromatic rings. The summed E-state index contributed by atoms with van der Waals surface area (Å²) in [6, 6.07) is 15.3. The number of hydrogen-bond donors (Lipinski definition) is 3. The highest BCUT2D eigenvalue weighted by atomic mass is 35.5. The molecule has 2 aromatic carbocycles. The number of nitrogens with one attached hydrogen (secondary N) is 1. The smallest absolute Gasteiger partial charge is 0.416 e. The van der Waals surface area contributed by atoms with Crippen LogP contribution >= 0.6 is 11.6 Å². The summed E-state index contributed by atoms with van der Waals surface area (Å²) < 4.78 is 47.2. The molecule has 6 aliphatic rings. The Balaban J connectivity index is 1.16. The number of rotatable bonds is 9. The fourth-order valence-corrected chi connectivity index (χ4v) is 12.4. The maximum atomic E-state index is 15.1. The summed E-state index contributed by atoms with van der Waals surface area (Å²) in [5.41, 5.74) is -2.90. The van der Waals surface area contributed by atoms with E-state index in [-0.39, 0.29) is 63.8 Å². The molecule has 0 radical (unpaired) electrons. The Hall–Kier alpha value is -3.86. The van der Waals surface area contributed by atoms with E-state index >= 15 is 4.79 Å². The minimum atomic E-state index is -4.59. The summed E-state index contributed by atoms with van der Waals surface area (Å²) in [4.78, 5) is 30.8. The highest BCUT2D eigenvalue weighted by Crippen LogP contribution is 2.78. The zero-order chi connectivity index (χ0) is 40.8. The molecular formula is C46H52ClF3N2O5. The van der Waals surface area contributed by atoms with Gasteiger partial charge < -0.3 is 24.8 Å². The lowest BCUT2D eigenvalue weighted by atomic mass is 9.32. The Labute approximate surface area is 337 Å². The Morgan fingerprint density at radius 3 is 2.40 bits per heavy atom.